The number of rotatable bonds is 8. The molecule has 5 heteroatoms. The number of carbonyl (C=O) groups excluding carboxylic acids is 1. The van der Waals surface area contributed by atoms with Crippen LogP contribution < -0.4 is 15.8 Å². The van der Waals surface area contributed by atoms with Crippen molar-refractivity contribution in [2.75, 3.05) is 20.3 Å². The number of nitrogens with two attached hydrogens (primary N) is 1. The molecule has 2 unspecified atom stereocenters. The fourth-order valence-electron chi connectivity index (χ4n) is 1.89. The lowest BCUT2D eigenvalue weighted by molar-refractivity contribution is -0.124. The summed E-state index contributed by atoms with van der Waals surface area (Å²) in [5, 5.41) is 2.93. The fourth-order valence-corrected chi connectivity index (χ4v) is 1.89. The minimum absolute atomic E-state index is 0.0726. The molecule has 0 aliphatic rings. The van der Waals surface area contributed by atoms with Gasteiger partial charge in [0.15, 0.2) is 0 Å². The molecule has 0 aromatic heterocycles. The van der Waals surface area contributed by atoms with E-state index in [0.717, 1.165) is 11.3 Å². The second kappa shape index (κ2) is 8.55. The molecule has 0 spiro atoms. The minimum Gasteiger partial charge on any atom is -0.494 e. The molecule has 0 saturated carbocycles. The topological polar surface area (TPSA) is 73.6 Å². The molecule has 0 heterocycles. The first-order valence-electron chi connectivity index (χ1n) is 6.85. The predicted molar refractivity (Wildman–Crippen MR) is 78.6 cm³/mol. The Morgan fingerprint density at radius 1 is 1.45 bits per heavy atom. The normalized spacial score (nSPS) is 13.6. The van der Waals surface area contributed by atoms with E-state index in [1.807, 2.05) is 38.1 Å². The van der Waals surface area contributed by atoms with Gasteiger partial charge in [-0.1, -0.05) is 12.1 Å². The highest BCUT2D eigenvalue weighted by Crippen LogP contribution is 2.19. The van der Waals surface area contributed by atoms with Crippen molar-refractivity contribution in [1.82, 2.24) is 5.32 Å². The second-order valence-corrected chi connectivity index (χ2v) is 4.59. The molecule has 0 saturated heterocycles. The molecule has 1 amide bonds. The van der Waals surface area contributed by atoms with Gasteiger partial charge in [0.1, 0.15) is 5.75 Å². The summed E-state index contributed by atoms with van der Waals surface area (Å²) in [5.74, 6) is 0.736. The third-order valence-electron chi connectivity index (χ3n) is 3.06. The molecule has 0 radical (unpaired) electrons. The second-order valence-electron chi connectivity index (χ2n) is 4.59. The third-order valence-corrected chi connectivity index (χ3v) is 3.06. The Hall–Kier alpha value is -1.59. The van der Waals surface area contributed by atoms with Crippen LogP contribution in [0, 0.1) is 0 Å². The average molecular weight is 280 g/mol. The van der Waals surface area contributed by atoms with Gasteiger partial charge in [0, 0.05) is 13.7 Å². The molecule has 20 heavy (non-hydrogen) atoms. The van der Waals surface area contributed by atoms with Crippen molar-refractivity contribution >= 4 is 5.91 Å². The summed E-state index contributed by atoms with van der Waals surface area (Å²) in [6.45, 7) is 4.83. The van der Waals surface area contributed by atoms with Gasteiger partial charge in [-0.2, -0.15) is 0 Å². The Kier molecular flexibility index (Phi) is 7.04. The number of hydrogen-bond acceptors (Lipinski definition) is 4. The molecule has 0 aliphatic heterocycles. The Morgan fingerprint density at radius 2 is 2.20 bits per heavy atom. The van der Waals surface area contributed by atoms with Crippen molar-refractivity contribution in [3.8, 4) is 5.75 Å². The molecule has 1 aromatic carbocycles. The largest absolute Gasteiger partial charge is 0.494 e. The lowest BCUT2D eigenvalue weighted by Gasteiger charge is -2.18. The van der Waals surface area contributed by atoms with Crippen LogP contribution >= 0.6 is 0 Å². The van der Waals surface area contributed by atoms with Crippen molar-refractivity contribution in [3.05, 3.63) is 29.8 Å². The lowest BCUT2D eigenvalue weighted by Crippen LogP contribution is -2.33. The number of nitrogens with one attached hydrogen (secondary N) is 1. The summed E-state index contributed by atoms with van der Waals surface area (Å²) in [6.07, 6.45) is 0.0274. The van der Waals surface area contributed by atoms with Gasteiger partial charge in [-0.3, -0.25) is 4.79 Å². The quantitative estimate of drug-likeness (QED) is 0.759. The summed E-state index contributed by atoms with van der Waals surface area (Å²) in [4.78, 5) is 11.9. The maximum Gasteiger partial charge on any atom is 0.223 e. The molecule has 1 aromatic rings. The van der Waals surface area contributed by atoms with Crippen LogP contribution in [0.4, 0.5) is 0 Å². The van der Waals surface area contributed by atoms with Crippen molar-refractivity contribution < 1.29 is 14.3 Å². The highest BCUT2D eigenvalue weighted by molar-refractivity contribution is 5.77. The average Bonchev–Trinajstić information content (AvgIpc) is 2.45. The summed E-state index contributed by atoms with van der Waals surface area (Å²) in [7, 11) is 1.56. The lowest BCUT2D eigenvalue weighted by atomic mass is 10.1. The third kappa shape index (κ3) is 5.19. The van der Waals surface area contributed by atoms with E-state index >= 15 is 0 Å². The monoisotopic (exact) mass is 280 g/mol. The number of ether oxygens (including phenoxy) is 2. The molecule has 112 valence electrons. The van der Waals surface area contributed by atoms with Crippen LogP contribution in [0.5, 0.6) is 5.75 Å². The van der Waals surface area contributed by atoms with E-state index < -0.39 is 0 Å². The highest BCUT2D eigenvalue weighted by Gasteiger charge is 2.14. The summed E-state index contributed by atoms with van der Waals surface area (Å²) >= 11 is 0. The van der Waals surface area contributed by atoms with Crippen LogP contribution in [0.3, 0.4) is 0 Å². The molecular weight excluding hydrogens is 256 g/mol. The number of carbonyl (C=O) groups is 1. The number of hydrogen-bond donors (Lipinski definition) is 2. The first kappa shape index (κ1) is 16.5. The Balaban J connectivity index is 2.59. The Morgan fingerprint density at radius 3 is 2.80 bits per heavy atom. The summed E-state index contributed by atoms with van der Waals surface area (Å²) < 4.78 is 10.6. The van der Waals surface area contributed by atoms with Gasteiger partial charge in [-0.25, -0.2) is 0 Å². The minimum atomic E-state index is -0.239. The number of benzene rings is 1. The smallest absolute Gasteiger partial charge is 0.223 e. The molecule has 0 fully saturated rings. The van der Waals surface area contributed by atoms with Crippen LogP contribution in [-0.4, -0.2) is 32.3 Å². The van der Waals surface area contributed by atoms with E-state index in [1.165, 1.54) is 0 Å². The zero-order valence-electron chi connectivity index (χ0n) is 12.4. The highest BCUT2D eigenvalue weighted by atomic mass is 16.5. The first-order valence-corrected chi connectivity index (χ1v) is 6.85. The SMILES string of the molecule is CCOc1cccc(C(C)NC(=O)CC(CN)OC)c1. The zero-order chi connectivity index (χ0) is 15.0. The standard InChI is InChI=1S/C15H24N2O3/c1-4-20-13-7-5-6-12(8-13)11(2)17-15(18)9-14(10-16)19-3/h5-8,11,14H,4,9-10,16H2,1-3H3,(H,17,18). The fraction of sp³-hybridized carbons (Fsp3) is 0.533. The molecule has 0 aliphatic carbocycles. The molecule has 3 N–H and O–H groups in total. The van der Waals surface area contributed by atoms with Crippen molar-refractivity contribution in [3.63, 3.8) is 0 Å². The van der Waals surface area contributed by atoms with E-state index in [2.05, 4.69) is 5.32 Å². The number of methoxy groups -OCH3 is 1. The maximum atomic E-state index is 11.9. The first-order chi connectivity index (χ1) is 9.60. The van der Waals surface area contributed by atoms with Crippen molar-refractivity contribution in [1.29, 1.82) is 0 Å². The van der Waals surface area contributed by atoms with E-state index in [9.17, 15) is 4.79 Å². The number of amides is 1. The molecule has 1 rings (SSSR count). The van der Waals surface area contributed by atoms with Crippen molar-refractivity contribution in [2.24, 2.45) is 5.73 Å². The van der Waals surface area contributed by atoms with Crippen LogP contribution in [0.1, 0.15) is 31.9 Å². The van der Waals surface area contributed by atoms with E-state index in [0.29, 0.717) is 13.2 Å². The maximum absolute atomic E-state index is 11.9. The van der Waals surface area contributed by atoms with Gasteiger partial charge in [0.2, 0.25) is 5.91 Å². The summed E-state index contributed by atoms with van der Waals surface area (Å²) in [6, 6.07) is 7.63. The van der Waals surface area contributed by atoms with Gasteiger partial charge in [0.25, 0.3) is 0 Å². The van der Waals surface area contributed by atoms with Crippen LogP contribution in [-0.2, 0) is 9.53 Å². The molecular formula is C15H24N2O3. The van der Waals surface area contributed by atoms with E-state index in [1.54, 1.807) is 7.11 Å². The van der Waals surface area contributed by atoms with Crippen LogP contribution in [0.15, 0.2) is 24.3 Å². The molecule has 5 nitrogen and oxygen atoms in total. The van der Waals surface area contributed by atoms with E-state index in [-0.39, 0.29) is 24.5 Å². The molecule has 0 bridgehead atoms. The van der Waals surface area contributed by atoms with Gasteiger partial charge >= 0.3 is 0 Å². The van der Waals surface area contributed by atoms with Crippen molar-refractivity contribution in [2.45, 2.75) is 32.4 Å². The Bertz CT molecular complexity index is 419. The van der Waals surface area contributed by atoms with Crippen LogP contribution in [0.25, 0.3) is 0 Å². The Labute approximate surface area is 120 Å². The summed E-state index contributed by atoms with van der Waals surface area (Å²) in [5.41, 5.74) is 6.51. The van der Waals surface area contributed by atoms with Gasteiger partial charge in [-0.15, -0.1) is 0 Å². The van der Waals surface area contributed by atoms with Gasteiger partial charge in [-0.05, 0) is 31.5 Å². The van der Waals surface area contributed by atoms with Gasteiger partial charge in [0.05, 0.1) is 25.2 Å². The molecule has 2 atom stereocenters. The van der Waals surface area contributed by atoms with E-state index in [4.69, 9.17) is 15.2 Å². The zero-order valence-corrected chi connectivity index (χ0v) is 12.4. The van der Waals surface area contributed by atoms with Crippen LogP contribution in [0.2, 0.25) is 0 Å². The predicted octanol–water partition coefficient (Wildman–Crippen LogP) is 1.63. The van der Waals surface area contributed by atoms with Gasteiger partial charge < -0.3 is 20.5 Å².